The van der Waals surface area contributed by atoms with Gasteiger partial charge in [-0.3, -0.25) is 14.7 Å². The van der Waals surface area contributed by atoms with Gasteiger partial charge in [0.15, 0.2) is 5.60 Å². The first kappa shape index (κ1) is 22.4. The average molecular weight is 475 g/mol. The zero-order chi connectivity index (χ0) is 24.2. The van der Waals surface area contributed by atoms with Gasteiger partial charge in [0.1, 0.15) is 0 Å². The van der Waals surface area contributed by atoms with Crippen molar-refractivity contribution in [3.8, 4) is 0 Å². The lowest BCUT2D eigenvalue weighted by Crippen LogP contribution is -2.63. The molecule has 7 nitrogen and oxygen atoms in total. The van der Waals surface area contributed by atoms with Crippen LogP contribution in [-0.4, -0.2) is 60.0 Å². The Kier molecular flexibility index (Phi) is 5.49. The number of benzene rings is 2. The summed E-state index contributed by atoms with van der Waals surface area (Å²) >= 11 is 0. The molecule has 182 valence electrons. The van der Waals surface area contributed by atoms with Gasteiger partial charge < -0.3 is 14.6 Å². The minimum Gasteiger partial charge on any atom is -0.469 e. The zero-order valence-corrected chi connectivity index (χ0v) is 19.8. The molecule has 1 aliphatic carbocycles. The standard InChI is InChI=1S/C28H30N2O5/c1-34-27(33)24-19-15-22-25-28(20-9-5-6-10-21(20)29-25,35-26(32)17-7-3-2-4-8-17)13-14-30(22)16-18(19)11-12-23(24)31/h2-10,18-19,22-24,31H,11-16H2,1H3/t18-,19-,22-,23-,24+,28-/m0/s1. The quantitative estimate of drug-likeness (QED) is 0.686. The van der Waals surface area contributed by atoms with E-state index >= 15 is 0 Å². The van der Waals surface area contributed by atoms with E-state index < -0.39 is 17.6 Å². The number of rotatable bonds is 3. The highest BCUT2D eigenvalue weighted by atomic mass is 16.6. The molecule has 0 spiro atoms. The van der Waals surface area contributed by atoms with Crippen molar-refractivity contribution >= 4 is 23.3 Å². The number of carbonyl (C=O) groups excluding carboxylic acids is 2. The number of methoxy groups -OCH3 is 1. The summed E-state index contributed by atoms with van der Waals surface area (Å²) in [5.74, 6) is -0.914. The minimum absolute atomic E-state index is 0.000475. The second-order valence-electron chi connectivity index (χ2n) is 10.2. The number of hydrogen-bond donors (Lipinski definition) is 1. The maximum absolute atomic E-state index is 13.3. The van der Waals surface area contributed by atoms with E-state index in [1.54, 1.807) is 12.1 Å². The molecule has 35 heavy (non-hydrogen) atoms. The van der Waals surface area contributed by atoms with Crippen LogP contribution in [0.15, 0.2) is 59.6 Å². The van der Waals surface area contributed by atoms with Crippen molar-refractivity contribution in [3.63, 3.8) is 0 Å². The van der Waals surface area contributed by atoms with Gasteiger partial charge in [-0.1, -0.05) is 36.4 Å². The maximum Gasteiger partial charge on any atom is 0.339 e. The van der Waals surface area contributed by atoms with Gasteiger partial charge in [0.25, 0.3) is 0 Å². The lowest BCUT2D eigenvalue weighted by Gasteiger charge is -2.53. The third kappa shape index (κ3) is 3.52. The fraction of sp³-hybridized carbons (Fsp3) is 0.464. The van der Waals surface area contributed by atoms with E-state index in [2.05, 4.69) is 4.90 Å². The Morgan fingerprint density at radius 2 is 1.86 bits per heavy atom. The summed E-state index contributed by atoms with van der Waals surface area (Å²) in [6.07, 6.45) is 2.13. The van der Waals surface area contributed by atoms with Gasteiger partial charge in [0, 0.05) is 25.1 Å². The van der Waals surface area contributed by atoms with Crippen molar-refractivity contribution < 1.29 is 24.2 Å². The third-order valence-electron chi connectivity index (χ3n) is 8.53. The van der Waals surface area contributed by atoms with Gasteiger partial charge in [0.2, 0.25) is 0 Å². The highest BCUT2D eigenvalue weighted by Gasteiger charge is 2.58. The number of aliphatic hydroxyl groups is 1. The maximum atomic E-state index is 13.3. The highest BCUT2D eigenvalue weighted by molar-refractivity contribution is 6.06. The fourth-order valence-corrected chi connectivity index (χ4v) is 6.89. The number of aliphatic hydroxyl groups excluding tert-OH is 1. The molecule has 2 aromatic rings. The van der Waals surface area contributed by atoms with Crippen molar-refractivity contribution in [2.75, 3.05) is 20.2 Å². The number of para-hydroxylation sites is 1. The van der Waals surface area contributed by atoms with Crippen LogP contribution in [0.4, 0.5) is 5.69 Å². The van der Waals surface area contributed by atoms with E-state index in [-0.39, 0.29) is 23.9 Å². The molecule has 3 fully saturated rings. The summed E-state index contributed by atoms with van der Waals surface area (Å²) in [6, 6.07) is 16.9. The van der Waals surface area contributed by atoms with Gasteiger partial charge in [-0.25, -0.2) is 4.79 Å². The Bertz CT molecular complexity index is 1180. The van der Waals surface area contributed by atoms with Crippen molar-refractivity contribution in [2.45, 2.75) is 43.4 Å². The number of aliphatic imine (C=N–C) groups is 1. The first-order valence-electron chi connectivity index (χ1n) is 12.5. The Morgan fingerprint density at radius 3 is 2.66 bits per heavy atom. The first-order chi connectivity index (χ1) is 17.0. The number of nitrogens with zero attached hydrogens (tertiary/aromatic N) is 2. The second-order valence-corrected chi connectivity index (χ2v) is 10.2. The summed E-state index contributed by atoms with van der Waals surface area (Å²) in [7, 11) is 1.39. The second kappa shape index (κ2) is 8.57. The zero-order valence-electron chi connectivity index (χ0n) is 19.8. The first-order valence-corrected chi connectivity index (χ1v) is 12.5. The number of esters is 2. The Balaban J connectivity index is 1.37. The van der Waals surface area contributed by atoms with Crippen LogP contribution in [0.3, 0.4) is 0 Å². The van der Waals surface area contributed by atoms with Crippen molar-refractivity contribution in [1.29, 1.82) is 0 Å². The lowest BCUT2D eigenvalue weighted by atomic mass is 9.63. The lowest BCUT2D eigenvalue weighted by molar-refractivity contribution is -0.159. The predicted molar refractivity (Wildman–Crippen MR) is 129 cm³/mol. The molecule has 4 aliphatic rings. The molecule has 0 amide bonds. The van der Waals surface area contributed by atoms with Gasteiger partial charge in [-0.15, -0.1) is 0 Å². The summed E-state index contributed by atoms with van der Waals surface area (Å²) < 4.78 is 11.5. The number of hydrogen-bond acceptors (Lipinski definition) is 7. The third-order valence-corrected chi connectivity index (χ3v) is 8.53. The van der Waals surface area contributed by atoms with Crippen LogP contribution in [0.5, 0.6) is 0 Å². The van der Waals surface area contributed by atoms with Crippen LogP contribution < -0.4 is 0 Å². The van der Waals surface area contributed by atoms with E-state index in [1.807, 2.05) is 42.5 Å². The van der Waals surface area contributed by atoms with Gasteiger partial charge in [-0.2, -0.15) is 0 Å². The number of fused-ring (bicyclic) bond motifs is 6. The van der Waals surface area contributed by atoms with Crippen LogP contribution in [0.25, 0.3) is 0 Å². The van der Waals surface area contributed by atoms with Crippen molar-refractivity contribution in [3.05, 3.63) is 65.7 Å². The number of carbonyl (C=O) groups is 2. The van der Waals surface area contributed by atoms with Gasteiger partial charge >= 0.3 is 11.9 Å². The van der Waals surface area contributed by atoms with Crippen molar-refractivity contribution in [2.24, 2.45) is 22.7 Å². The average Bonchev–Trinajstić information content (AvgIpc) is 3.22. The summed E-state index contributed by atoms with van der Waals surface area (Å²) in [6.45, 7) is 1.61. The topological polar surface area (TPSA) is 88.4 Å². The molecule has 0 unspecified atom stereocenters. The SMILES string of the molecule is COC(=O)[C@@H]1[C@H]2C[C@H]3C4=Nc5ccccc5[C@@]4(OC(=O)c4ccccc4)CCN3C[C@@H]2CC[C@@H]1O. The molecule has 1 saturated carbocycles. The minimum atomic E-state index is -0.925. The Hall–Kier alpha value is -3.03. The molecule has 3 aliphatic heterocycles. The molecule has 0 aromatic heterocycles. The van der Waals surface area contributed by atoms with Crippen LogP contribution >= 0.6 is 0 Å². The fourth-order valence-electron chi connectivity index (χ4n) is 6.89. The van der Waals surface area contributed by atoms with Gasteiger partial charge in [0.05, 0.1) is 42.1 Å². The largest absolute Gasteiger partial charge is 0.469 e. The smallest absolute Gasteiger partial charge is 0.339 e. The van der Waals surface area contributed by atoms with Crippen LogP contribution in [0.1, 0.15) is 41.6 Å². The van der Waals surface area contributed by atoms with E-state index in [4.69, 9.17) is 14.5 Å². The van der Waals surface area contributed by atoms with Gasteiger partial charge in [-0.05, 0) is 49.3 Å². The Labute approximate surface area is 204 Å². The van der Waals surface area contributed by atoms with E-state index in [0.717, 1.165) is 36.5 Å². The monoisotopic (exact) mass is 474 g/mol. The molecule has 3 heterocycles. The predicted octanol–water partition coefficient (Wildman–Crippen LogP) is 3.48. The van der Waals surface area contributed by atoms with E-state index in [9.17, 15) is 14.7 Å². The summed E-state index contributed by atoms with van der Waals surface area (Å²) in [5, 5.41) is 10.7. The molecule has 1 N–H and O–H groups in total. The van der Waals surface area contributed by atoms with Crippen molar-refractivity contribution in [1.82, 2.24) is 4.90 Å². The molecule has 2 saturated heterocycles. The molecule has 0 bridgehead atoms. The van der Waals surface area contributed by atoms with E-state index in [0.29, 0.717) is 30.7 Å². The molecule has 6 atom stereocenters. The molecular formula is C28H30N2O5. The Morgan fingerprint density at radius 1 is 1.09 bits per heavy atom. The molecule has 2 aromatic carbocycles. The number of ether oxygens (including phenoxy) is 2. The van der Waals surface area contributed by atoms with Crippen LogP contribution in [-0.2, 0) is 19.9 Å². The van der Waals surface area contributed by atoms with E-state index in [1.165, 1.54) is 7.11 Å². The van der Waals surface area contributed by atoms with Crippen LogP contribution in [0.2, 0.25) is 0 Å². The highest BCUT2D eigenvalue weighted by Crippen LogP contribution is 2.52. The van der Waals surface area contributed by atoms with Crippen LogP contribution in [0, 0.1) is 17.8 Å². The summed E-state index contributed by atoms with van der Waals surface area (Å²) in [4.78, 5) is 33.4. The molecule has 7 heteroatoms. The summed E-state index contributed by atoms with van der Waals surface area (Å²) in [5.41, 5.74) is 2.19. The molecular weight excluding hydrogens is 444 g/mol. The normalized spacial score (nSPS) is 33.4. The molecule has 0 radical (unpaired) electrons. The molecule has 6 rings (SSSR count). The number of piperidine rings is 2.